The van der Waals surface area contributed by atoms with Gasteiger partial charge in [-0.1, -0.05) is 36.4 Å². The van der Waals surface area contributed by atoms with Crippen molar-refractivity contribution in [3.05, 3.63) is 71.7 Å². The van der Waals surface area contributed by atoms with Gasteiger partial charge in [0.2, 0.25) is 0 Å². The van der Waals surface area contributed by atoms with Crippen LogP contribution in [0.4, 0.5) is 5.69 Å². The zero-order chi connectivity index (χ0) is 14.1. The summed E-state index contributed by atoms with van der Waals surface area (Å²) in [6.45, 7) is 0.823. The number of nitrogens with one attached hydrogen (secondary N) is 1. The Bertz CT molecular complexity index is 911. The van der Waals surface area contributed by atoms with Crippen molar-refractivity contribution in [2.24, 2.45) is 0 Å². The maximum atomic E-state index is 4.48. The molecule has 0 aliphatic rings. The molecular formula is C18H14N2S. The van der Waals surface area contributed by atoms with Crippen LogP contribution in [0.3, 0.4) is 0 Å². The second kappa shape index (κ2) is 5.19. The molecule has 0 saturated carbocycles. The van der Waals surface area contributed by atoms with Crippen molar-refractivity contribution in [2.75, 3.05) is 5.32 Å². The zero-order valence-corrected chi connectivity index (χ0v) is 12.2. The zero-order valence-electron chi connectivity index (χ0n) is 11.4. The molecule has 0 aliphatic heterocycles. The Hall–Kier alpha value is -2.39. The van der Waals surface area contributed by atoms with Crippen LogP contribution in [-0.4, -0.2) is 4.98 Å². The molecule has 102 valence electrons. The lowest BCUT2D eigenvalue weighted by Crippen LogP contribution is -1.99. The molecule has 0 radical (unpaired) electrons. The van der Waals surface area contributed by atoms with Gasteiger partial charge in [-0.15, -0.1) is 11.3 Å². The van der Waals surface area contributed by atoms with Crippen LogP contribution in [0.25, 0.3) is 21.0 Å². The first kappa shape index (κ1) is 12.4. The summed E-state index contributed by atoms with van der Waals surface area (Å²) in [7, 11) is 0. The Kier molecular flexibility index (Phi) is 3.05. The second-order valence-corrected chi connectivity index (χ2v) is 5.94. The average Bonchev–Trinajstić information content (AvgIpc) is 2.96. The highest BCUT2D eigenvalue weighted by atomic mass is 32.1. The second-order valence-electron chi connectivity index (χ2n) is 5.03. The number of hydrogen-bond donors (Lipinski definition) is 1. The quantitative estimate of drug-likeness (QED) is 0.570. The number of hydrogen-bond acceptors (Lipinski definition) is 3. The first-order valence-electron chi connectivity index (χ1n) is 6.94. The molecule has 4 rings (SSSR count). The minimum Gasteiger partial charge on any atom is -0.380 e. The van der Waals surface area contributed by atoms with Gasteiger partial charge >= 0.3 is 0 Å². The lowest BCUT2D eigenvalue weighted by Gasteiger charge is -2.06. The third-order valence-electron chi connectivity index (χ3n) is 3.63. The predicted octanol–water partition coefficient (Wildman–Crippen LogP) is 5.06. The van der Waals surface area contributed by atoms with Gasteiger partial charge in [0.25, 0.3) is 0 Å². The summed E-state index contributed by atoms with van der Waals surface area (Å²) in [6, 6.07) is 18.9. The van der Waals surface area contributed by atoms with Crippen LogP contribution < -0.4 is 5.32 Å². The Morgan fingerprint density at radius 1 is 1.00 bits per heavy atom. The van der Waals surface area contributed by atoms with E-state index >= 15 is 0 Å². The van der Waals surface area contributed by atoms with Gasteiger partial charge in [-0.25, -0.2) is 0 Å². The molecule has 0 spiro atoms. The van der Waals surface area contributed by atoms with Crippen molar-refractivity contribution in [1.82, 2.24) is 4.98 Å². The fourth-order valence-corrected chi connectivity index (χ4v) is 3.50. The van der Waals surface area contributed by atoms with Crippen molar-refractivity contribution >= 4 is 38.0 Å². The molecule has 2 heterocycles. The molecule has 0 bridgehead atoms. The third-order valence-corrected chi connectivity index (χ3v) is 4.65. The van der Waals surface area contributed by atoms with E-state index in [1.807, 2.05) is 24.4 Å². The van der Waals surface area contributed by atoms with Crippen LogP contribution >= 0.6 is 11.3 Å². The molecule has 0 fully saturated rings. The number of para-hydroxylation sites is 1. The molecule has 0 saturated heterocycles. The molecule has 2 aromatic heterocycles. The fraction of sp³-hybridized carbons (Fsp3) is 0.0556. The van der Waals surface area contributed by atoms with Crippen molar-refractivity contribution < 1.29 is 0 Å². The van der Waals surface area contributed by atoms with Gasteiger partial charge < -0.3 is 5.32 Å². The fourth-order valence-electron chi connectivity index (χ4n) is 2.53. The van der Waals surface area contributed by atoms with Gasteiger partial charge in [0.05, 0.1) is 17.4 Å². The van der Waals surface area contributed by atoms with Crippen LogP contribution in [-0.2, 0) is 6.54 Å². The maximum absolute atomic E-state index is 4.48. The monoisotopic (exact) mass is 290 g/mol. The molecule has 2 nitrogen and oxygen atoms in total. The van der Waals surface area contributed by atoms with E-state index in [1.165, 1.54) is 15.6 Å². The largest absolute Gasteiger partial charge is 0.380 e. The topological polar surface area (TPSA) is 24.9 Å². The first-order valence-corrected chi connectivity index (χ1v) is 7.82. The van der Waals surface area contributed by atoms with E-state index in [4.69, 9.17) is 0 Å². The number of rotatable bonds is 3. The number of fused-ring (bicyclic) bond motifs is 2. The van der Waals surface area contributed by atoms with E-state index in [0.29, 0.717) is 0 Å². The minimum atomic E-state index is 0.823. The molecule has 0 unspecified atom stereocenters. The average molecular weight is 290 g/mol. The van der Waals surface area contributed by atoms with E-state index in [-0.39, 0.29) is 0 Å². The van der Waals surface area contributed by atoms with Gasteiger partial charge in [-0.3, -0.25) is 4.98 Å². The van der Waals surface area contributed by atoms with Crippen LogP contribution in [0, 0.1) is 0 Å². The summed E-state index contributed by atoms with van der Waals surface area (Å²) in [6.07, 6.45) is 1.90. The van der Waals surface area contributed by atoms with E-state index in [2.05, 4.69) is 52.1 Å². The van der Waals surface area contributed by atoms with Crippen molar-refractivity contribution in [3.8, 4) is 0 Å². The highest BCUT2D eigenvalue weighted by molar-refractivity contribution is 7.17. The molecule has 2 aromatic carbocycles. The standard InChI is InChI=1S/C18H14N2S/c1-3-7-17-13(5-1)9-15(11-20-17)19-10-14-12-21-18-8-4-2-6-16(14)18/h1-9,11-12,19H,10H2. The highest BCUT2D eigenvalue weighted by Crippen LogP contribution is 2.26. The SMILES string of the molecule is c1ccc2ncc(NCc3csc4ccccc34)cc2c1. The van der Waals surface area contributed by atoms with E-state index < -0.39 is 0 Å². The summed E-state index contributed by atoms with van der Waals surface area (Å²) in [5.41, 5.74) is 3.43. The first-order chi connectivity index (χ1) is 10.4. The number of pyridine rings is 1. The summed E-state index contributed by atoms with van der Waals surface area (Å²) in [5.74, 6) is 0. The summed E-state index contributed by atoms with van der Waals surface area (Å²) in [4.78, 5) is 4.48. The minimum absolute atomic E-state index is 0.823. The van der Waals surface area contributed by atoms with Gasteiger partial charge in [0.15, 0.2) is 0 Å². The van der Waals surface area contributed by atoms with Gasteiger partial charge in [-0.05, 0) is 34.5 Å². The van der Waals surface area contributed by atoms with Crippen molar-refractivity contribution in [3.63, 3.8) is 0 Å². The predicted molar refractivity (Wildman–Crippen MR) is 90.9 cm³/mol. The number of benzene rings is 2. The molecule has 0 amide bonds. The van der Waals surface area contributed by atoms with Crippen molar-refractivity contribution in [2.45, 2.75) is 6.54 Å². The summed E-state index contributed by atoms with van der Waals surface area (Å²) >= 11 is 1.80. The number of nitrogens with zero attached hydrogens (tertiary/aromatic N) is 1. The Morgan fingerprint density at radius 2 is 1.86 bits per heavy atom. The Morgan fingerprint density at radius 3 is 2.86 bits per heavy atom. The lowest BCUT2D eigenvalue weighted by atomic mass is 10.1. The van der Waals surface area contributed by atoms with Crippen LogP contribution in [0.2, 0.25) is 0 Å². The lowest BCUT2D eigenvalue weighted by molar-refractivity contribution is 1.17. The molecule has 3 heteroatoms. The van der Waals surface area contributed by atoms with Crippen LogP contribution in [0.1, 0.15) is 5.56 Å². The van der Waals surface area contributed by atoms with E-state index in [0.717, 1.165) is 23.1 Å². The number of anilines is 1. The van der Waals surface area contributed by atoms with Gasteiger partial charge in [0.1, 0.15) is 0 Å². The highest BCUT2D eigenvalue weighted by Gasteiger charge is 2.03. The van der Waals surface area contributed by atoms with Crippen molar-refractivity contribution in [1.29, 1.82) is 0 Å². The Balaban J connectivity index is 1.60. The summed E-state index contributed by atoms with van der Waals surface area (Å²) < 4.78 is 1.34. The number of aromatic nitrogens is 1. The molecule has 4 aromatic rings. The molecule has 21 heavy (non-hydrogen) atoms. The van der Waals surface area contributed by atoms with Crippen LogP contribution in [0.5, 0.6) is 0 Å². The molecular weight excluding hydrogens is 276 g/mol. The Labute approximate surface area is 127 Å². The summed E-state index contributed by atoms with van der Waals surface area (Å²) in [5, 5.41) is 8.21. The smallest absolute Gasteiger partial charge is 0.0703 e. The number of thiophene rings is 1. The van der Waals surface area contributed by atoms with E-state index in [9.17, 15) is 0 Å². The molecule has 0 aliphatic carbocycles. The maximum Gasteiger partial charge on any atom is 0.0703 e. The normalized spacial score (nSPS) is 11.0. The third kappa shape index (κ3) is 2.36. The van der Waals surface area contributed by atoms with Gasteiger partial charge in [-0.2, -0.15) is 0 Å². The van der Waals surface area contributed by atoms with Crippen LogP contribution in [0.15, 0.2) is 66.2 Å². The van der Waals surface area contributed by atoms with Gasteiger partial charge in [0, 0.05) is 16.6 Å². The van der Waals surface area contributed by atoms with E-state index in [1.54, 1.807) is 11.3 Å². The molecule has 1 N–H and O–H groups in total. The molecule has 0 atom stereocenters.